The number of nitrogen functional groups attached to an aromatic ring is 1. The Morgan fingerprint density at radius 2 is 2.00 bits per heavy atom. The molecule has 1 aromatic heterocycles. The van der Waals surface area contributed by atoms with Crippen molar-refractivity contribution >= 4 is 29.2 Å². The van der Waals surface area contributed by atoms with Gasteiger partial charge in [-0.3, -0.25) is 0 Å². The van der Waals surface area contributed by atoms with Gasteiger partial charge in [0.2, 0.25) is 11.2 Å². The first-order valence-corrected chi connectivity index (χ1v) is 5.43. The Bertz CT molecular complexity index is 515. The molecular weight excluding hydrogens is 263 g/mol. The molecule has 0 aliphatic rings. The molecule has 0 fully saturated rings. The third kappa shape index (κ3) is 3.44. The predicted molar refractivity (Wildman–Crippen MR) is 65.0 cm³/mol. The van der Waals surface area contributed by atoms with Crippen LogP contribution in [-0.4, -0.2) is 15.0 Å². The zero-order chi connectivity index (χ0) is 12.3. The van der Waals surface area contributed by atoms with Gasteiger partial charge in [-0.25, -0.2) is 0 Å². The SMILES string of the molecule is Nc1nc(Cl)nc(OCc2cccc(Cl)c2)n1. The van der Waals surface area contributed by atoms with Crippen molar-refractivity contribution in [2.75, 3.05) is 5.73 Å². The number of rotatable bonds is 3. The number of hydrogen-bond donors (Lipinski definition) is 1. The highest BCUT2D eigenvalue weighted by Crippen LogP contribution is 2.14. The number of anilines is 1. The van der Waals surface area contributed by atoms with E-state index in [1.807, 2.05) is 12.1 Å². The topological polar surface area (TPSA) is 73.9 Å². The molecule has 7 heteroatoms. The van der Waals surface area contributed by atoms with Gasteiger partial charge in [-0.1, -0.05) is 23.7 Å². The lowest BCUT2D eigenvalue weighted by atomic mass is 10.2. The summed E-state index contributed by atoms with van der Waals surface area (Å²) in [5, 5.41) is 0.637. The van der Waals surface area contributed by atoms with Crippen molar-refractivity contribution in [1.82, 2.24) is 15.0 Å². The smallest absolute Gasteiger partial charge is 0.322 e. The lowest BCUT2D eigenvalue weighted by molar-refractivity contribution is 0.280. The lowest BCUT2D eigenvalue weighted by Gasteiger charge is -2.05. The minimum absolute atomic E-state index is 0.00130. The van der Waals surface area contributed by atoms with Crippen LogP contribution in [0.1, 0.15) is 5.56 Å². The maximum Gasteiger partial charge on any atom is 0.322 e. The largest absolute Gasteiger partial charge is 0.458 e. The van der Waals surface area contributed by atoms with Crippen LogP contribution in [0.5, 0.6) is 6.01 Å². The van der Waals surface area contributed by atoms with Gasteiger partial charge < -0.3 is 10.5 Å². The normalized spacial score (nSPS) is 10.2. The van der Waals surface area contributed by atoms with Crippen molar-refractivity contribution in [3.8, 4) is 6.01 Å². The van der Waals surface area contributed by atoms with Crippen molar-refractivity contribution < 1.29 is 4.74 Å². The Balaban J connectivity index is 2.07. The van der Waals surface area contributed by atoms with E-state index in [4.69, 9.17) is 33.7 Å². The fourth-order valence-corrected chi connectivity index (χ4v) is 1.56. The summed E-state index contributed by atoms with van der Waals surface area (Å²) in [7, 11) is 0. The fraction of sp³-hybridized carbons (Fsp3) is 0.100. The Labute approximate surface area is 108 Å². The van der Waals surface area contributed by atoms with E-state index in [0.29, 0.717) is 5.02 Å². The van der Waals surface area contributed by atoms with Crippen molar-refractivity contribution in [2.24, 2.45) is 0 Å². The quantitative estimate of drug-likeness (QED) is 0.927. The predicted octanol–water partition coefficient (Wildman–Crippen LogP) is 2.34. The van der Waals surface area contributed by atoms with Gasteiger partial charge in [-0.05, 0) is 29.3 Å². The van der Waals surface area contributed by atoms with Crippen LogP contribution in [0.2, 0.25) is 10.3 Å². The van der Waals surface area contributed by atoms with Gasteiger partial charge in [-0.2, -0.15) is 15.0 Å². The van der Waals surface area contributed by atoms with Crippen molar-refractivity contribution in [3.05, 3.63) is 40.1 Å². The third-order valence-corrected chi connectivity index (χ3v) is 2.27. The molecule has 0 amide bonds. The Kier molecular flexibility index (Phi) is 3.61. The van der Waals surface area contributed by atoms with E-state index in [1.165, 1.54) is 0 Å². The second-order valence-corrected chi connectivity index (χ2v) is 3.94. The minimum atomic E-state index is -0.00130. The van der Waals surface area contributed by atoms with Crippen LogP contribution in [0.3, 0.4) is 0 Å². The molecule has 0 aliphatic heterocycles. The van der Waals surface area contributed by atoms with Gasteiger partial charge >= 0.3 is 6.01 Å². The summed E-state index contributed by atoms with van der Waals surface area (Å²) in [4.78, 5) is 11.2. The van der Waals surface area contributed by atoms with Gasteiger partial charge in [0, 0.05) is 5.02 Å². The number of ether oxygens (including phenoxy) is 1. The van der Waals surface area contributed by atoms with E-state index in [2.05, 4.69) is 15.0 Å². The molecule has 0 aliphatic carbocycles. The number of nitrogens with zero attached hydrogens (tertiary/aromatic N) is 3. The number of nitrogens with two attached hydrogens (primary N) is 1. The van der Waals surface area contributed by atoms with Crippen LogP contribution in [0, 0.1) is 0 Å². The Morgan fingerprint density at radius 3 is 2.71 bits per heavy atom. The first-order chi connectivity index (χ1) is 8.13. The average molecular weight is 271 g/mol. The summed E-state index contributed by atoms with van der Waals surface area (Å²) in [5.74, 6) is 0.0195. The molecule has 1 heterocycles. The van der Waals surface area contributed by atoms with E-state index in [1.54, 1.807) is 12.1 Å². The molecule has 0 radical (unpaired) electrons. The number of benzene rings is 1. The maximum absolute atomic E-state index is 5.84. The van der Waals surface area contributed by atoms with Crippen LogP contribution in [-0.2, 0) is 6.61 Å². The zero-order valence-corrected chi connectivity index (χ0v) is 10.1. The second kappa shape index (κ2) is 5.16. The molecule has 0 saturated carbocycles. The maximum atomic E-state index is 5.84. The van der Waals surface area contributed by atoms with E-state index in [9.17, 15) is 0 Å². The molecule has 88 valence electrons. The molecule has 0 saturated heterocycles. The summed E-state index contributed by atoms with van der Waals surface area (Å²) in [6, 6.07) is 7.35. The van der Waals surface area contributed by atoms with Crippen LogP contribution >= 0.6 is 23.2 Å². The van der Waals surface area contributed by atoms with Gasteiger partial charge in [0.25, 0.3) is 0 Å². The van der Waals surface area contributed by atoms with E-state index in [-0.39, 0.29) is 23.8 Å². The van der Waals surface area contributed by atoms with Crippen LogP contribution in [0.4, 0.5) is 5.95 Å². The Hall–Kier alpha value is -1.59. The summed E-state index contributed by atoms with van der Waals surface area (Å²) < 4.78 is 5.32. The standard InChI is InChI=1S/C10H8Cl2N4O/c11-7-3-1-2-6(4-7)5-17-10-15-8(12)14-9(13)16-10/h1-4H,5H2,(H2,13,14,15,16). The van der Waals surface area contributed by atoms with Crippen molar-refractivity contribution in [2.45, 2.75) is 6.61 Å². The summed E-state index contributed by atoms with van der Waals surface area (Å²) in [5.41, 5.74) is 6.30. The van der Waals surface area contributed by atoms with Crippen LogP contribution in [0.15, 0.2) is 24.3 Å². The van der Waals surface area contributed by atoms with Crippen LogP contribution < -0.4 is 10.5 Å². The highest BCUT2D eigenvalue weighted by atomic mass is 35.5. The molecule has 0 atom stereocenters. The first-order valence-electron chi connectivity index (χ1n) is 4.68. The summed E-state index contributed by atoms with van der Waals surface area (Å²) >= 11 is 11.5. The molecule has 0 unspecified atom stereocenters. The molecule has 17 heavy (non-hydrogen) atoms. The summed E-state index contributed by atoms with van der Waals surface area (Å²) in [6.07, 6.45) is 0. The van der Waals surface area contributed by atoms with Crippen molar-refractivity contribution in [3.63, 3.8) is 0 Å². The molecule has 1 aromatic carbocycles. The molecule has 2 aromatic rings. The monoisotopic (exact) mass is 270 g/mol. The highest BCUT2D eigenvalue weighted by Gasteiger charge is 2.04. The van der Waals surface area contributed by atoms with E-state index < -0.39 is 0 Å². The van der Waals surface area contributed by atoms with E-state index >= 15 is 0 Å². The number of halogens is 2. The van der Waals surface area contributed by atoms with Gasteiger partial charge in [-0.15, -0.1) is 0 Å². The second-order valence-electron chi connectivity index (χ2n) is 3.16. The number of aromatic nitrogens is 3. The van der Waals surface area contributed by atoms with E-state index in [0.717, 1.165) is 5.56 Å². The fourth-order valence-electron chi connectivity index (χ4n) is 1.19. The minimum Gasteiger partial charge on any atom is -0.458 e. The first kappa shape index (κ1) is 11.9. The highest BCUT2D eigenvalue weighted by molar-refractivity contribution is 6.30. The van der Waals surface area contributed by atoms with Crippen LogP contribution in [0.25, 0.3) is 0 Å². The molecule has 5 nitrogen and oxygen atoms in total. The summed E-state index contributed by atoms with van der Waals surface area (Å²) in [6.45, 7) is 0.278. The molecule has 2 rings (SSSR count). The third-order valence-electron chi connectivity index (χ3n) is 1.86. The van der Waals surface area contributed by atoms with Gasteiger partial charge in [0.05, 0.1) is 0 Å². The average Bonchev–Trinajstić information content (AvgIpc) is 2.25. The van der Waals surface area contributed by atoms with Gasteiger partial charge in [0.1, 0.15) is 6.61 Å². The number of hydrogen-bond acceptors (Lipinski definition) is 5. The molecule has 0 bridgehead atoms. The molecular formula is C10H8Cl2N4O. The zero-order valence-electron chi connectivity index (χ0n) is 8.60. The Morgan fingerprint density at radius 1 is 1.18 bits per heavy atom. The molecule has 0 spiro atoms. The lowest BCUT2D eigenvalue weighted by Crippen LogP contribution is -2.03. The van der Waals surface area contributed by atoms with Crippen molar-refractivity contribution in [1.29, 1.82) is 0 Å². The molecule has 2 N–H and O–H groups in total. The van der Waals surface area contributed by atoms with Gasteiger partial charge in [0.15, 0.2) is 0 Å².